The molecule has 2 aromatic heterocycles. The van der Waals surface area contributed by atoms with Crippen molar-refractivity contribution in [2.45, 2.75) is 32.7 Å². The molecule has 0 aliphatic heterocycles. The van der Waals surface area contributed by atoms with Crippen LogP contribution in [0.3, 0.4) is 0 Å². The van der Waals surface area contributed by atoms with E-state index < -0.39 is 0 Å². The number of hydrogen-bond donors (Lipinski definition) is 0. The first kappa shape index (κ1) is 20.4. The number of methoxy groups -OCH3 is 2. The van der Waals surface area contributed by atoms with Crippen molar-refractivity contribution in [3.8, 4) is 22.9 Å². The van der Waals surface area contributed by atoms with E-state index in [0.717, 1.165) is 12.0 Å². The molecule has 3 aromatic rings. The van der Waals surface area contributed by atoms with Crippen LogP contribution < -0.4 is 9.47 Å². The van der Waals surface area contributed by atoms with Crippen molar-refractivity contribution in [1.82, 2.24) is 15.0 Å². The van der Waals surface area contributed by atoms with Crippen molar-refractivity contribution in [2.24, 2.45) is 0 Å². The standard InChI is InChI=1S/C21H25N3O5/c1-5-14(2)24(21(25)17-7-6-12-28-17)11-10-19-22-20(23-29-19)15-8-9-16(26-3)18(13-15)27-4/h6-9,12-14H,5,10-11H2,1-4H3/t14-/m1/s1. The lowest BCUT2D eigenvalue weighted by molar-refractivity contribution is 0.0654. The Morgan fingerprint density at radius 3 is 2.66 bits per heavy atom. The van der Waals surface area contributed by atoms with Gasteiger partial charge >= 0.3 is 0 Å². The molecule has 3 rings (SSSR count). The summed E-state index contributed by atoms with van der Waals surface area (Å²) in [5.41, 5.74) is 0.753. The van der Waals surface area contributed by atoms with Gasteiger partial charge in [-0.1, -0.05) is 12.1 Å². The van der Waals surface area contributed by atoms with Gasteiger partial charge in [0.15, 0.2) is 17.3 Å². The average molecular weight is 399 g/mol. The molecular formula is C21H25N3O5. The van der Waals surface area contributed by atoms with E-state index in [-0.39, 0.29) is 11.9 Å². The first-order chi connectivity index (χ1) is 14.1. The van der Waals surface area contributed by atoms with Crippen molar-refractivity contribution in [3.63, 3.8) is 0 Å². The van der Waals surface area contributed by atoms with E-state index in [1.54, 1.807) is 43.4 Å². The predicted octanol–water partition coefficient (Wildman–Crippen LogP) is 3.83. The van der Waals surface area contributed by atoms with Gasteiger partial charge in [0.1, 0.15) is 0 Å². The average Bonchev–Trinajstić information content (AvgIpc) is 3.45. The number of amides is 1. The van der Waals surface area contributed by atoms with Crippen molar-refractivity contribution in [2.75, 3.05) is 20.8 Å². The number of hydrogen-bond acceptors (Lipinski definition) is 7. The minimum Gasteiger partial charge on any atom is -0.493 e. The van der Waals surface area contributed by atoms with E-state index in [1.807, 2.05) is 19.9 Å². The van der Waals surface area contributed by atoms with Crippen LogP contribution in [0.25, 0.3) is 11.4 Å². The highest BCUT2D eigenvalue weighted by Crippen LogP contribution is 2.31. The van der Waals surface area contributed by atoms with Gasteiger partial charge < -0.3 is 23.3 Å². The van der Waals surface area contributed by atoms with Gasteiger partial charge in [0.25, 0.3) is 5.91 Å². The second-order valence-electron chi connectivity index (χ2n) is 6.56. The van der Waals surface area contributed by atoms with Crippen LogP contribution in [0.15, 0.2) is 45.5 Å². The van der Waals surface area contributed by atoms with E-state index in [1.165, 1.54) is 6.26 Å². The summed E-state index contributed by atoms with van der Waals surface area (Å²) in [6.07, 6.45) is 2.76. The molecule has 0 saturated carbocycles. The van der Waals surface area contributed by atoms with Gasteiger partial charge in [-0.25, -0.2) is 0 Å². The minimum atomic E-state index is -0.149. The van der Waals surface area contributed by atoms with Gasteiger partial charge in [0.2, 0.25) is 11.7 Å². The zero-order valence-corrected chi connectivity index (χ0v) is 17.0. The fourth-order valence-corrected chi connectivity index (χ4v) is 2.95. The molecule has 1 atom stereocenters. The molecule has 0 fully saturated rings. The maximum atomic E-state index is 12.7. The van der Waals surface area contributed by atoms with Crippen LogP contribution in [0.4, 0.5) is 0 Å². The molecule has 0 bridgehead atoms. The highest BCUT2D eigenvalue weighted by atomic mass is 16.5. The summed E-state index contributed by atoms with van der Waals surface area (Å²) in [5, 5.41) is 4.05. The molecule has 0 unspecified atom stereocenters. The van der Waals surface area contributed by atoms with E-state index >= 15 is 0 Å². The molecule has 29 heavy (non-hydrogen) atoms. The smallest absolute Gasteiger partial charge is 0.289 e. The van der Waals surface area contributed by atoms with Crippen LogP contribution >= 0.6 is 0 Å². The van der Waals surface area contributed by atoms with E-state index in [2.05, 4.69) is 10.1 Å². The number of benzene rings is 1. The Kier molecular flexibility index (Phi) is 6.54. The van der Waals surface area contributed by atoms with Crippen molar-refractivity contribution >= 4 is 5.91 Å². The molecule has 0 aliphatic rings. The third-order valence-corrected chi connectivity index (χ3v) is 4.79. The molecule has 0 radical (unpaired) electrons. The van der Waals surface area contributed by atoms with Crippen LogP contribution in [0, 0.1) is 0 Å². The molecule has 0 saturated heterocycles. The van der Waals surface area contributed by atoms with E-state index in [9.17, 15) is 4.79 Å². The zero-order valence-electron chi connectivity index (χ0n) is 17.0. The van der Waals surface area contributed by atoms with E-state index in [0.29, 0.717) is 41.9 Å². The first-order valence-corrected chi connectivity index (χ1v) is 9.46. The fourth-order valence-electron chi connectivity index (χ4n) is 2.95. The van der Waals surface area contributed by atoms with Gasteiger partial charge in [-0.05, 0) is 43.7 Å². The number of carbonyl (C=O) groups is 1. The maximum absolute atomic E-state index is 12.7. The lowest BCUT2D eigenvalue weighted by Gasteiger charge is -2.27. The molecule has 154 valence electrons. The minimum absolute atomic E-state index is 0.0563. The third-order valence-electron chi connectivity index (χ3n) is 4.79. The Hall–Kier alpha value is -3.29. The number of nitrogens with zero attached hydrogens (tertiary/aromatic N) is 3. The predicted molar refractivity (Wildman–Crippen MR) is 106 cm³/mol. The Bertz CT molecular complexity index is 936. The van der Waals surface area contributed by atoms with Gasteiger partial charge in [-0.15, -0.1) is 0 Å². The second-order valence-corrected chi connectivity index (χ2v) is 6.56. The van der Waals surface area contributed by atoms with Gasteiger partial charge in [-0.2, -0.15) is 4.98 Å². The second kappa shape index (κ2) is 9.27. The molecule has 0 spiro atoms. The molecule has 2 heterocycles. The van der Waals surface area contributed by atoms with Crippen LogP contribution in [0.5, 0.6) is 11.5 Å². The van der Waals surface area contributed by atoms with Crippen LogP contribution in [-0.2, 0) is 6.42 Å². The Balaban J connectivity index is 1.72. The van der Waals surface area contributed by atoms with Crippen molar-refractivity contribution in [3.05, 3.63) is 48.2 Å². The summed E-state index contributed by atoms with van der Waals surface area (Å²) < 4.78 is 21.2. The van der Waals surface area contributed by atoms with Crippen LogP contribution in [-0.4, -0.2) is 47.8 Å². The summed E-state index contributed by atoms with van der Waals surface area (Å²) >= 11 is 0. The molecule has 0 aliphatic carbocycles. The fraction of sp³-hybridized carbons (Fsp3) is 0.381. The molecule has 1 aromatic carbocycles. The monoisotopic (exact) mass is 399 g/mol. The van der Waals surface area contributed by atoms with Crippen LogP contribution in [0.2, 0.25) is 0 Å². The van der Waals surface area contributed by atoms with Gasteiger partial charge in [-0.3, -0.25) is 4.79 Å². The van der Waals surface area contributed by atoms with E-state index in [4.69, 9.17) is 18.4 Å². The van der Waals surface area contributed by atoms with Crippen molar-refractivity contribution < 1.29 is 23.2 Å². The summed E-state index contributed by atoms with van der Waals surface area (Å²) in [5.74, 6) is 2.29. The third kappa shape index (κ3) is 4.59. The van der Waals surface area contributed by atoms with Crippen LogP contribution in [0.1, 0.15) is 36.7 Å². The van der Waals surface area contributed by atoms with Gasteiger partial charge in [0.05, 0.1) is 20.5 Å². The summed E-state index contributed by atoms with van der Waals surface area (Å²) in [4.78, 5) is 18.9. The molecule has 1 amide bonds. The number of furan rings is 1. The maximum Gasteiger partial charge on any atom is 0.289 e. The summed E-state index contributed by atoms with van der Waals surface area (Å²) in [6, 6.07) is 8.84. The topological polar surface area (TPSA) is 90.8 Å². The summed E-state index contributed by atoms with van der Waals surface area (Å²) in [7, 11) is 3.15. The number of aromatic nitrogens is 2. The number of ether oxygens (including phenoxy) is 2. The molecule has 8 nitrogen and oxygen atoms in total. The number of carbonyl (C=O) groups excluding carboxylic acids is 1. The molecule has 8 heteroatoms. The number of rotatable bonds is 9. The Labute approximate surface area is 169 Å². The molecule has 0 N–H and O–H groups in total. The Morgan fingerprint density at radius 2 is 2.00 bits per heavy atom. The highest BCUT2D eigenvalue weighted by Gasteiger charge is 2.23. The summed E-state index contributed by atoms with van der Waals surface area (Å²) in [6.45, 7) is 4.49. The SMILES string of the molecule is CC[C@@H](C)N(CCc1nc(-c2ccc(OC)c(OC)c2)no1)C(=O)c1ccco1. The highest BCUT2D eigenvalue weighted by molar-refractivity contribution is 5.91. The zero-order chi connectivity index (χ0) is 20.8. The largest absolute Gasteiger partial charge is 0.493 e. The first-order valence-electron chi connectivity index (χ1n) is 9.46. The van der Waals surface area contributed by atoms with Gasteiger partial charge in [0, 0.05) is 24.6 Å². The normalized spacial score (nSPS) is 11.9. The Morgan fingerprint density at radius 1 is 1.21 bits per heavy atom. The lowest BCUT2D eigenvalue weighted by Crippen LogP contribution is -2.39. The quantitative estimate of drug-likeness (QED) is 0.540. The molecular weight excluding hydrogens is 374 g/mol. The lowest BCUT2D eigenvalue weighted by atomic mass is 10.2. The van der Waals surface area contributed by atoms with Crippen molar-refractivity contribution in [1.29, 1.82) is 0 Å².